The Morgan fingerprint density at radius 3 is 2.65 bits per heavy atom. The fourth-order valence-corrected chi connectivity index (χ4v) is 3.39. The number of amides is 1. The molecule has 0 aliphatic rings. The van der Waals surface area contributed by atoms with Gasteiger partial charge < -0.3 is 14.6 Å². The van der Waals surface area contributed by atoms with E-state index in [4.69, 9.17) is 4.74 Å². The summed E-state index contributed by atoms with van der Waals surface area (Å²) >= 11 is 1.53. The monoisotopic (exact) mass is 369 g/mol. The van der Waals surface area contributed by atoms with E-state index in [9.17, 15) is 14.7 Å². The molecule has 0 saturated carbocycles. The van der Waals surface area contributed by atoms with Crippen molar-refractivity contribution in [2.45, 2.75) is 12.8 Å². The minimum absolute atomic E-state index is 0.127. The number of carbonyl (C=O) groups excluding carboxylic acids is 2. The molecule has 3 rings (SSSR count). The Balaban J connectivity index is 1.95. The van der Waals surface area contributed by atoms with Crippen molar-refractivity contribution in [1.29, 1.82) is 0 Å². The first kappa shape index (κ1) is 17.8. The first-order chi connectivity index (χ1) is 12.6. The number of aryl methyl sites for hydroxylation is 1. The van der Waals surface area contributed by atoms with Crippen molar-refractivity contribution >= 4 is 23.2 Å². The van der Waals surface area contributed by atoms with E-state index in [1.54, 1.807) is 35.0 Å². The first-order valence-corrected chi connectivity index (χ1v) is 8.87. The number of aliphatic carboxylic acids is 1. The first-order valence-electron chi connectivity index (χ1n) is 7.99. The molecule has 0 fully saturated rings. The number of nitrogens with one attached hydrogen (secondary N) is 1. The molecule has 2 heterocycles. The molecule has 0 saturated heterocycles. The van der Waals surface area contributed by atoms with Crippen molar-refractivity contribution in [2.75, 3.05) is 12.5 Å². The third-order valence-electron chi connectivity index (χ3n) is 3.89. The van der Waals surface area contributed by atoms with Gasteiger partial charge in [-0.1, -0.05) is 18.2 Å². The van der Waals surface area contributed by atoms with Crippen LogP contribution in [0.1, 0.15) is 22.5 Å². The average molecular weight is 369 g/mol. The standard InChI is InChI=1S/C19H18N2O4S/c1-25-16-6-3-2-5-14(16)19(24)20-21-13(9-11-18(22)23)8-10-15(21)17-7-4-12-26-17/h2-8,10,12H,9,11H2,1H3,(H,20,24)(H,22,23)/p-1. The smallest absolute Gasteiger partial charge is 0.273 e. The Morgan fingerprint density at radius 2 is 1.96 bits per heavy atom. The van der Waals surface area contributed by atoms with Gasteiger partial charge in [0.1, 0.15) is 5.75 Å². The summed E-state index contributed by atoms with van der Waals surface area (Å²) in [6.45, 7) is 0. The van der Waals surface area contributed by atoms with Crippen LogP contribution in [0.25, 0.3) is 10.6 Å². The van der Waals surface area contributed by atoms with Gasteiger partial charge in [0.25, 0.3) is 5.91 Å². The zero-order valence-electron chi connectivity index (χ0n) is 14.1. The second-order valence-corrected chi connectivity index (χ2v) is 6.48. The van der Waals surface area contributed by atoms with Gasteiger partial charge in [-0.05, 0) is 48.6 Å². The van der Waals surface area contributed by atoms with Crippen molar-refractivity contribution in [3.63, 3.8) is 0 Å². The predicted octanol–water partition coefficient (Wildman–Crippen LogP) is 2.29. The number of para-hydroxylation sites is 1. The molecule has 0 aliphatic heterocycles. The summed E-state index contributed by atoms with van der Waals surface area (Å²) in [7, 11) is 1.50. The van der Waals surface area contributed by atoms with E-state index in [0.717, 1.165) is 10.6 Å². The highest BCUT2D eigenvalue weighted by Gasteiger charge is 2.17. The molecule has 1 amide bonds. The second-order valence-electron chi connectivity index (χ2n) is 5.54. The summed E-state index contributed by atoms with van der Waals surface area (Å²) in [4.78, 5) is 24.6. The van der Waals surface area contributed by atoms with Crippen LogP contribution in [0, 0.1) is 0 Å². The lowest BCUT2D eigenvalue weighted by atomic mass is 10.2. The van der Waals surface area contributed by atoms with Crippen molar-refractivity contribution < 1.29 is 19.4 Å². The maximum absolute atomic E-state index is 12.8. The van der Waals surface area contributed by atoms with E-state index in [2.05, 4.69) is 5.43 Å². The number of hydrogen-bond acceptors (Lipinski definition) is 5. The van der Waals surface area contributed by atoms with E-state index >= 15 is 0 Å². The van der Waals surface area contributed by atoms with E-state index in [0.29, 0.717) is 17.0 Å². The highest BCUT2D eigenvalue weighted by Crippen LogP contribution is 2.27. The minimum atomic E-state index is -1.13. The molecule has 6 nitrogen and oxygen atoms in total. The molecule has 2 aromatic heterocycles. The predicted molar refractivity (Wildman–Crippen MR) is 97.8 cm³/mol. The lowest BCUT2D eigenvalue weighted by molar-refractivity contribution is -0.305. The van der Waals surface area contributed by atoms with Crippen molar-refractivity contribution in [3.05, 3.63) is 65.2 Å². The molecule has 134 valence electrons. The van der Waals surface area contributed by atoms with E-state index in [1.807, 2.05) is 23.6 Å². The zero-order valence-corrected chi connectivity index (χ0v) is 14.9. The van der Waals surface area contributed by atoms with Crippen LogP contribution >= 0.6 is 11.3 Å². The summed E-state index contributed by atoms with van der Waals surface area (Å²) < 4.78 is 6.87. The summed E-state index contributed by atoms with van der Waals surface area (Å²) in [5.74, 6) is -1.01. The van der Waals surface area contributed by atoms with E-state index < -0.39 is 5.97 Å². The normalized spacial score (nSPS) is 10.5. The van der Waals surface area contributed by atoms with Crippen molar-refractivity contribution in [1.82, 2.24) is 4.68 Å². The number of ether oxygens (including phenoxy) is 1. The molecule has 1 aromatic carbocycles. The lowest BCUT2D eigenvalue weighted by Crippen LogP contribution is -2.27. The van der Waals surface area contributed by atoms with E-state index in [1.165, 1.54) is 18.4 Å². The maximum atomic E-state index is 12.8. The summed E-state index contributed by atoms with van der Waals surface area (Å²) in [5, 5.41) is 12.8. The highest BCUT2D eigenvalue weighted by atomic mass is 32.1. The Labute approximate surface area is 154 Å². The van der Waals surface area contributed by atoms with Gasteiger partial charge in [-0.2, -0.15) is 0 Å². The van der Waals surface area contributed by atoms with Gasteiger partial charge in [-0.15, -0.1) is 11.3 Å². The molecule has 0 atom stereocenters. The van der Waals surface area contributed by atoms with E-state index in [-0.39, 0.29) is 18.7 Å². The maximum Gasteiger partial charge on any atom is 0.273 e. The molecule has 26 heavy (non-hydrogen) atoms. The van der Waals surface area contributed by atoms with Crippen LogP contribution in [-0.2, 0) is 11.2 Å². The van der Waals surface area contributed by atoms with Crippen LogP contribution in [0.3, 0.4) is 0 Å². The fraction of sp³-hybridized carbons (Fsp3) is 0.158. The molecule has 0 aliphatic carbocycles. The second kappa shape index (κ2) is 7.88. The Kier molecular flexibility index (Phi) is 5.38. The third kappa shape index (κ3) is 3.78. The fourth-order valence-electron chi connectivity index (χ4n) is 2.65. The Morgan fingerprint density at radius 1 is 1.15 bits per heavy atom. The number of hydrogen-bond donors (Lipinski definition) is 1. The van der Waals surface area contributed by atoms with Gasteiger partial charge in [0, 0.05) is 11.7 Å². The number of carboxylic acids is 1. The Bertz CT molecular complexity index is 916. The van der Waals surface area contributed by atoms with Gasteiger partial charge in [0.2, 0.25) is 0 Å². The van der Waals surface area contributed by atoms with Crippen LogP contribution < -0.4 is 15.3 Å². The molecule has 3 aromatic rings. The van der Waals surface area contributed by atoms with Crippen molar-refractivity contribution in [3.8, 4) is 16.3 Å². The van der Waals surface area contributed by atoms with Gasteiger partial charge in [0.15, 0.2) is 0 Å². The number of methoxy groups -OCH3 is 1. The number of carboxylic acid groups (broad SMARTS) is 1. The van der Waals surface area contributed by atoms with Crippen molar-refractivity contribution in [2.24, 2.45) is 0 Å². The Hall–Kier alpha value is -3.06. The number of nitrogens with zero attached hydrogens (tertiary/aromatic N) is 1. The van der Waals surface area contributed by atoms with Gasteiger partial charge in [0.05, 0.1) is 23.2 Å². The number of carbonyl (C=O) groups is 2. The summed E-state index contributed by atoms with van der Waals surface area (Å²) in [6.07, 6.45) is 0.123. The molecular formula is C19H17N2O4S-. The quantitative estimate of drug-likeness (QED) is 0.693. The molecule has 0 radical (unpaired) electrons. The third-order valence-corrected chi connectivity index (χ3v) is 4.78. The number of aromatic nitrogens is 1. The van der Waals surface area contributed by atoms with Gasteiger partial charge in [-0.25, -0.2) is 0 Å². The molecule has 0 bridgehead atoms. The summed E-state index contributed by atoms with van der Waals surface area (Å²) in [5.41, 5.74) is 4.72. The average Bonchev–Trinajstić information content (AvgIpc) is 3.29. The molecule has 7 heteroatoms. The minimum Gasteiger partial charge on any atom is -0.550 e. The largest absolute Gasteiger partial charge is 0.550 e. The summed E-state index contributed by atoms with van der Waals surface area (Å²) in [6, 6.07) is 14.4. The van der Waals surface area contributed by atoms with Crippen LogP contribution in [0.5, 0.6) is 5.75 Å². The topological polar surface area (TPSA) is 83.4 Å². The van der Waals surface area contributed by atoms with Gasteiger partial charge >= 0.3 is 0 Å². The number of thiophene rings is 1. The molecule has 0 spiro atoms. The highest BCUT2D eigenvalue weighted by molar-refractivity contribution is 7.13. The number of benzene rings is 1. The van der Waals surface area contributed by atoms with Crippen LogP contribution in [0.2, 0.25) is 0 Å². The number of rotatable bonds is 7. The SMILES string of the molecule is COc1ccccc1C(=O)Nn1c(CCC(=O)[O-])ccc1-c1cccs1. The van der Waals surface area contributed by atoms with Crippen LogP contribution in [-0.4, -0.2) is 23.7 Å². The van der Waals surface area contributed by atoms with Gasteiger partial charge in [-0.3, -0.25) is 14.9 Å². The molecule has 1 N–H and O–H groups in total. The van der Waals surface area contributed by atoms with Crippen LogP contribution in [0.4, 0.5) is 0 Å². The molecule has 0 unspecified atom stereocenters. The lowest BCUT2D eigenvalue weighted by Gasteiger charge is -2.16. The zero-order chi connectivity index (χ0) is 18.5. The molecular weight excluding hydrogens is 352 g/mol. The van der Waals surface area contributed by atoms with Crippen LogP contribution in [0.15, 0.2) is 53.9 Å².